The summed E-state index contributed by atoms with van der Waals surface area (Å²) in [7, 11) is 0. The van der Waals surface area contributed by atoms with Gasteiger partial charge in [-0.15, -0.1) is 0 Å². The second-order valence-electron chi connectivity index (χ2n) is 4.56. The van der Waals surface area contributed by atoms with Crippen LogP contribution in [0.3, 0.4) is 0 Å². The molecule has 6 heteroatoms. The average molecular weight is 334 g/mol. The van der Waals surface area contributed by atoms with Gasteiger partial charge in [-0.25, -0.2) is 0 Å². The minimum Gasteiger partial charge on any atom is -0.375 e. The van der Waals surface area contributed by atoms with Gasteiger partial charge in [-0.05, 0) is 35.9 Å². The van der Waals surface area contributed by atoms with Crippen LogP contribution in [0.4, 0.5) is 11.4 Å². The van der Waals surface area contributed by atoms with Crippen LogP contribution in [0.25, 0.3) is 0 Å². The van der Waals surface area contributed by atoms with E-state index in [1.54, 1.807) is 42.5 Å². The van der Waals surface area contributed by atoms with Crippen LogP contribution in [0, 0.1) is 11.3 Å². The molecule has 0 fully saturated rings. The third-order valence-corrected chi connectivity index (χ3v) is 3.45. The summed E-state index contributed by atoms with van der Waals surface area (Å²) in [6.07, 6.45) is 0.350. The number of nitrogens with zero attached hydrogens (tertiary/aromatic N) is 1. The molecule has 2 aromatic carbocycles. The number of anilines is 2. The molecule has 2 aromatic rings. The van der Waals surface area contributed by atoms with Gasteiger partial charge in [0.25, 0.3) is 0 Å². The van der Waals surface area contributed by atoms with E-state index in [1.807, 2.05) is 0 Å². The third-order valence-electron chi connectivity index (χ3n) is 2.89. The molecule has 0 atom stereocenters. The van der Waals surface area contributed by atoms with Gasteiger partial charge in [-0.3, -0.25) is 4.79 Å². The number of benzene rings is 2. The van der Waals surface area contributed by atoms with Crippen molar-refractivity contribution in [3.8, 4) is 6.07 Å². The molecule has 0 unspecified atom stereocenters. The second-order valence-corrected chi connectivity index (χ2v) is 5.40. The molecule has 4 nitrogen and oxygen atoms in total. The summed E-state index contributed by atoms with van der Waals surface area (Å²) >= 11 is 11.9. The van der Waals surface area contributed by atoms with Crippen LogP contribution in [-0.2, 0) is 11.2 Å². The Bertz CT molecular complexity index is 708. The molecule has 22 heavy (non-hydrogen) atoms. The predicted octanol–water partition coefficient (Wildman–Crippen LogP) is 4.11. The zero-order valence-electron chi connectivity index (χ0n) is 11.6. The quantitative estimate of drug-likeness (QED) is 0.865. The Balaban J connectivity index is 1.90. The van der Waals surface area contributed by atoms with E-state index in [0.29, 0.717) is 27.8 Å². The summed E-state index contributed by atoms with van der Waals surface area (Å²) in [5, 5.41) is 15.3. The van der Waals surface area contributed by atoms with Crippen molar-refractivity contribution in [2.75, 3.05) is 17.2 Å². The number of amides is 1. The molecule has 0 spiro atoms. The summed E-state index contributed by atoms with van der Waals surface area (Å²) in [4.78, 5) is 11.9. The number of carbonyl (C=O) groups is 1. The molecule has 0 bridgehead atoms. The minimum absolute atomic E-state index is 0.0695. The van der Waals surface area contributed by atoms with Crippen molar-refractivity contribution in [3.63, 3.8) is 0 Å². The Kier molecular flexibility index (Phi) is 5.65. The van der Waals surface area contributed by atoms with Crippen molar-refractivity contribution in [2.24, 2.45) is 0 Å². The maximum atomic E-state index is 11.9. The summed E-state index contributed by atoms with van der Waals surface area (Å²) in [5.74, 6) is -0.205. The predicted molar refractivity (Wildman–Crippen MR) is 89.3 cm³/mol. The first-order valence-corrected chi connectivity index (χ1v) is 7.29. The number of rotatable bonds is 5. The van der Waals surface area contributed by atoms with Crippen molar-refractivity contribution >= 4 is 40.5 Å². The Morgan fingerprint density at radius 2 is 1.86 bits per heavy atom. The third kappa shape index (κ3) is 4.66. The van der Waals surface area contributed by atoms with Crippen LogP contribution in [0.2, 0.25) is 10.0 Å². The van der Waals surface area contributed by atoms with Gasteiger partial charge in [0.2, 0.25) is 5.91 Å². The van der Waals surface area contributed by atoms with Crippen molar-refractivity contribution in [1.29, 1.82) is 5.26 Å². The highest BCUT2D eigenvalue weighted by molar-refractivity contribution is 6.35. The monoisotopic (exact) mass is 333 g/mol. The molecular weight excluding hydrogens is 321 g/mol. The summed E-state index contributed by atoms with van der Waals surface area (Å²) in [6, 6.07) is 14.2. The molecule has 0 aliphatic rings. The zero-order valence-corrected chi connectivity index (χ0v) is 13.1. The Morgan fingerprint density at radius 3 is 2.55 bits per heavy atom. The van der Waals surface area contributed by atoms with Crippen LogP contribution in [0.1, 0.15) is 5.56 Å². The molecule has 0 aliphatic carbocycles. The lowest BCUT2D eigenvalue weighted by atomic mass is 10.1. The van der Waals surface area contributed by atoms with Crippen molar-refractivity contribution in [1.82, 2.24) is 0 Å². The van der Waals surface area contributed by atoms with Gasteiger partial charge in [-0.2, -0.15) is 5.26 Å². The first kappa shape index (κ1) is 16.2. The van der Waals surface area contributed by atoms with Crippen molar-refractivity contribution in [3.05, 3.63) is 58.1 Å². The standard InChI is InChI=1S/C16H13Cl2N3O/c17-12-3-6-14(18)15(9-12)20-10-16(22)21-13-4-1-11(2-5-13)7-8-19/h1-6,9,20H,7,10H2,(H,21,22). The fourth-order valence-electron chi connectivity index (χ4n) is 1.81. The summed E-state index contributed by atoms with van der Waals surface area (Å²) in [5.41, 5.74) is 2.18. The Morgan fingerprint density at radius 1 is 1.14 bits per heavy atom. The lowest BCUT2D eigenvalue weighted by Crippen LogP contribution is -2.21. The number of hydrogen-bond donors (Lipinski definition) is 2. The molecule has 0 saturated heterocycles. The molecule has 0 heterocycles. The van der Waals surface area contributed by atoms with Gasteiger partial charge in [0.15, 0.2) is 0 Å². The van der Waals surface area contributed by atoms with Crippen LogP contribution in [-0.4, -0.2) is 12.5 Å². The number of nitriles is 1. The van der Waals surface area contributed by atoms with E-state index in [2.05, 4.69) is 16.7 Å². The van der Waals surface area contributed by atoms with Crippen molar-refractivity contribution in [2.45, 2.75) is 6.42 Å². The molecule has 1 amide bonds. The van der Waals surface area contributed by atoms with E-state index in [9.17, 15) is 4.79 Å². The van der Waals surface area contributed by atoms with Gasteiger partial charge in [-0.1, -0.05) is 35.3 Å². The smallest absolute Gasteiger partial charge is 0.243 e. The largest absolute Gasteiger partial charge is 0.375 e. The highest BCUT2D eigenvalue weighted by Gasteiger charge is 2.05. The molecule has 0 aromatic heterocycles. The topological polar surface area (TPSA) is 64.9 Å². The lowest BCUT2D eigenvalue weighted by Gasteiger charge is -2.09. The van der Waals surface area contributed by atoms with Crippen LogP contribution >= 0.6 is 23.2 Å². The molecule has 112 valence electrons. The SMILES string of the molecule is N#CCc1ccc(NC(=O)CNc2cc(Cl)ccc2Cl)cc1. The van der Waals surface area contributed by atoms with Crippen LogP contribution in [0.15, 0.2) is 42.5 Å². The highest BCUT2D eigenvalue weighted by Crippen LogP contribution is 2.25. The number of nitrogens with one attached hydrogen (secondary N) is 2. The number of hydrogen-bond acceptors (Lipinski definition) is 3. The molecule has 2 N–H and O–H groups in total. The van der Waals surface area contributed by atoms with Crippen LogP contribution < -0.4 is 10.6 Å². The van der Waals surface area contributed by atoms with Gasteiger partial charge < -0.3 is 10.6 Å². The zero-order chi connectivity index (χ0) is 15.9. The number of carbonyl (C=O) groups excluding carboxylic acids is 1. The van der Waals surface area contributed by atoms with E-state index >= 15 is 0 Å². The highest BCUT2D eigenvalue weighted by atomic mass is 35.5. The van der Waals surface area contributed by atoms with Gasteiger partial charge in [0, 0.05) is 10.7 Å². The molecule has 0 saturated carbocycles. The fraction of sp³-hybridized carbons (Fsp3) is 0.125. The van der Waals surface area contributed by atoms with E-state index < -0.39 is 0 Å². The fourth-order valence-corrected chi connectivity index (χ4v) is 2.17. The van der Waals surface area contributed by atoms with Crippen LogP contribution in [0.5, 0.6) is 0 Å². The summed E-state index contributed by atoms with van der Waals surface area (Å²) < 4.78 is 0. The molecule has 0 aliphatic heterocycles. The van der Waals surface area contributed by atoms with Gasteiger partial charge in [0.1, 0.15) is 0 Å². The average Bonchev–Trinajstić information content (AvgIpc) is 2.50. The Hall–Kier alpha value is -2.22. The molecular formula is C16H13Cl2N3O. The van der Waals surface area contributed by atoms with Crippen molar-refractivity contribution < 1.29 is 4.79 Å². The summed E-state index contributed by atoms with van der Waals surface area (Å²) in [6.45, 7) is 0.0695. The van der Waals surface area contributed by atoms with E-state index in [0.717, 1.165) is 5.56 Å². The van der Waals surface area contributed by atoms with E-state index in [4.69, 9.17) is 28.5 Å². The lowest BCUT2D eigenvalue weighted by molar-refractivity contribution is -0.114. The van der Waals surface area contributed by atoms with E-state index in [-0.39, 0.29) is 12.5 Å². The maximum Gasteiger partial charge on any atom is 0.243 e. The van der Waals surface area contributed by atoms with Gasteiger partial charge >= 0.3 is 0 Å². The first-order chi connectivity index (χ1) is 10.6. The molecule has 0 radical (unpaired) electrons. The maximum absolute atomic E-state index is 11.9. The molecule has 2 rings (SSSR count). The number of halogens is 2. The van der Waals surface area contributed by atoms with E-state index in [1.165, 1.54) is 0 Å². The normalized spacial score (nSPS) is 9.86. The second kappa shape index (κ2) is 7.69. The first-order valence-electron chi connectivity index (χ1n) is 6.53. The Labute approximate surface area is 138 Å². The minimum atomic E-state index is -0.205. The van der Waals surface area contributed by atoms with Gasteiger partial charge in [0.05, 0.1) is 29.7 Å².